The molecule has 2 aromatic heterocycles. The number of rotatable bonds is 7. The molecule has 0 bridgehead atoms. The lowest BCUT2D eigenvalue weighted by Gasteiger charge is -2.24. The van der Waals surface area contributed by atoms with Crippen LogP contribution in [0.4, 0.5) is 0 Å². The maximum atomic E-state index is 5.98. The first kappa shape index (κ1) is 18.2. The molecular weight excluding hydrogens is 360 g/mol. The summed E-state index contributed by atoms with van der Waals surface area (Å²) in [6, 6.07) is 13.7. The second kappa shape index (κ2) is 8.65. The van der Waals surface area contributed by atoms with Crippen molar-refractivity contribution in [2.75, 3.05) is 13.2 Å². The summed E-state index contributed by atoms with van der Waals surface area (Å²) in [5.74, 6) is 0. The fraction of sp³-hybridized carbons (Fsp3) is 0.333. The lowest BCUT2D eigenvalue weighted by Crippen LogP contribution is -2.31. The van der Waals surface area contributed by atoms with Crippen LogP contribution in [0.2, 0.25) is 5.02 Å². The Morgan fingerprint density at radius 1 is 1.15 bits per heavy atom. The molecular formula is C21H23ClN4O. The van der Waals surface area contributed by atoms with Gasteiger partial charge in [-0.25, -0.2) is 4.68 Å². The summed E-state index contributed by atoms with van der Waals surface area (Å²) < 4.78 is 7.73. The van der Waals surface area contributed by atoms with Gasteiger partial charge in [0.15, 0.2) is 0 Å². The van der Waals surface area contributed by atoms with Crippen LogP contribution < -0.4 is 0 Å². The summed E-state index contributed by atoms with van der Waals surface area (Å²) in [6.45, 7) is 3.39. The van der Waals surface area contributed by atoms with Crippen LogP contribution in [0.25, 0.3) is 5.69 Å². The van der Waals surface area contributed by atoms with Gasteiger partial charge in [0.05, 0.1) is 23.7 Å². The summed E-state index contributed by atoms with van der Waals surface area (Å²) in [5.41, 5.74) is 3.24. The van der Waals surface area contributed by atoms with E-state index in [9.17, 15) is 0 Å². The van der Waals surface area contributed by atoms with Crippen molar-refractivity contribution in [3.05, 3.63) is 77.3 Å². The van der Waals surface area contributed by atoms with Crippen LogP contribution in [-0.2, 0) is 17.8 Å². The summed E-state index contributed by atoms with van der Waals surface area (Å²) in [5, 5.41) is 5.23. The first-order valence-corrected chi connectivity index (χ1v) is 9.67. The Morgan fingerprint density at radius 2 is 2.04 bits per heavy atom. The number of aromatic nitrogens is 3. The number of ether oxygens (including phenoxy) is 1. The molecule has 3 aromatic rings. The highest BCUT2D eigenvalue weighted by atomic mass is 35.5. The number of nitrogens with zero attached hydrogens (tertiary/aromatic N) is 4. The molecule has 0 saturated carbocycles. The van der Waals surface area contributed by atoms with Crippen LogP contribution in [-0.4, -0.2) is 38.9 Å². The third-order valence-corrected chi connectivity index (χ3v) is 4.98. The maximum Gasteiger partial charge on any atom is 0.0703 e. The molecule has 1 saturated heterocycles. The molecule has 0 aliphatic carbocycles. The average Bonchev–Trinajstić information content (AvgIpc) is 3.35. The van der Waals surface area contributed by atoms with E-state index in [1.165, 1.54) is 5.56 Å². The number of benzene rings is 1. The fourth-order valence-corrected chi connectivity index (χ4v) is 3.54. The van der Waals surface area contributed by atoms with E-state index < -0.39 is 0 Å². The Balaban J connectivity index is 1.47. The topological polar surface area (TPSA) is 43.2 Å². The van der Waals surface area contributed by atoms with Gasteiger partial charge in [-0.1, -0.05) is 17.7 Å². The molecule has 0 amide bonds. The van der Waals surface area contributed by atoms with Crippen LogP contribution in [0.3, 0.4) is 0 Å². The van der Waals surface area contributed by atoms with Crippen molar-refractivity contribution in [1.82, 2.24) is 19.7 Å². The molecule has 0 N–H and O–H groups in total. The van der Waals surface area contributed by atoms with E-state index in [-0.39, 0.29) is 0 Å². The van der Waals surface area contributed by atoms with Crippen molar-refractivity contribution in [3.8, 4) is 5.69 Å². The molecule has 6 heteroatoms. The van der Waals surface area contributed by atoms with Crippen LogP contribution in [0, 0.1) is 0 Å². The molecule has 1 aliphatic rings. The molecule has 27 heavy (non-hydrogen) atoms. The monoisotopic (exact) mass is 382 g/mol. The molecule has 5 nitrogen and oxygen atoms in total. The molecule has 1 fully saturated rings. The third-order valence-electron chi connectivity index (χ3n) is 4.73. The predicted molar refractivity (Wildman–Crippen MR) is 106 cm³/mol. The van der Waals surface area contributed by atoms with Crippen LogP contribution in [0.15, 0.2) is 61.1 Å². The van der Waals surface area contributed by atoms with Gasteiger partial charge >= 0.3 is 0 Å². The zero-order valence-corrected chi connectivity index (χ0v) is 15.9. The molecule has 1 atom stereocenters. The van der Waals surface area contributed by atoms with E-state index in [1.54, 1.807) is 0 Å². The molecule has 1 aliphatic heterocycles. The van der Waals surface area contributed by atoms with Crippen LogP contribution in [0.5, 0.6) is 0 Å². The summed E-state index contributed by atoms with van der Waals surface area (Å²) in [4.78, 5) is 6.87. The quantitative estimate of drug-likeness (QED) is 0.617. The number of pyridine rings is 1. The van der Waals surface area contributed by atoms with Crippen molar-refractivity contribution in [1.29, 1.82) is 0 Å². The van der Waals surface area contributed by atoms with E-state index in [0.717, 1.165) is 55.5 Å². The van der Waals surface area contributed by atoms with Crippen molar-refractivity contribution in [3.63, 3.8) is 0 Å². The van der Waals surface area contributed by atoms with Gasteiger partial charge in [0.2, 0.25) is 0 Å². The Labute approximate surface area is 164 Å². The van der Waals surface area contributed by atoms with Gasteiger partial charge < -0.3 is 4.74 Å². The van der Waals surface area contributed by atoms with E-state index in [4.69, 9.17) is 16.3 Å². The second-order valence-electron chi connectivity index (χ2n) is 6.90. The van der Waals surface area contributed by atoms with Gasteiger partial charge in [0.25, 0.3) is 0 Å². The predicted octanol–water partition coefficient (Wildman–Crippen LogP) is 4.10. The molecule has 0 radical (unpaired) electrons. The largest absolute Gasteiger partial charge is 0.377 e. The number of halogens is 1. The molecule has 0 spiro atoms. The van der Waals surface area contributed by atoms with Gasteiger partial charge in [-0.3, -0.25) is 9.88 Å². The molecule has 0 unspecified atom stereocenters. The van der Waals surface area contributed by atoms with Crippen molar-refractivity contribution >= 4 is 11.6 Å². The van der Waals surface area contributed by atoms with Gasteiger partial charge in [0.1, 0.15) is 0 Å². The second-order valence-corrected chi connectivity index (χ2v) is 7.33. The van der Waals surface area contributed by atoms with E-state index in [0.29, 0.717) is 6.10 Å². The zero-order chi connectivity index (χ0) is 18.5. The highest BCUT2D eigenvalue weighted by Gasteiger charge is 2.20. The Bertz CT molecular complexity index is 844. The standard InChI is InChI=1S/C21H23ClN4O/c22-18-6-8-20(9-7-18)26-14-17(12-24-26)13-25(16-21-5-3-11-27-21)15-19-4-1-2-10-23-19/h1-2,4,6-10,12,14,21H,3,5,11,13,15-16H2/t21-/m1/s1. The SMILES string of the molecule is Clc1ccc(-n2cc(CN(Cc3ccccn3)C[C@H]3CCCO3)cn2)cc1. The summed E-state index contributed by atoms with van der Waals surface area (Å²) in [6.07, 6.45) is 8.43. The number of hydrogen-bond donors (Lipinski definition) is 0. The van der Waals surface area contributed by atoms with Crippen molar-refractivity contribution in [2.24, 2.45) is 0 Å². The normalized spacial score (nSPS) is 16.9. The molecule has 1 aromatic carbocycles. The minimum absolute atomic E-state index is 0.306. The zero-order valence-electron chi connectivity index (χ0n) is 15.2. The maximum absolute atomic E-state index is 5.98. The Hall–Kier alpha value is -2.21. The van der Waals surface area contributed by atoms with Crippen LogP contribution in [0.1, 0.15) is 24.1 Å². The first-order valence-electron chi connectivity index (χ1n) is 9.29. The Kier molecular flexibility index (Phi) is 5.82. The molecule has 3 heterocycles. The minimum Gasteiger partial charge on any atom is -0.377 e. The van der Waals surface area contributed by atoms with Gasteiger partial charge in [0, 0.05) is 49.2 Å². The lowest BCUT2D eigenvalue weighted by molar-refractivity contribution is 0.0675. The van der Waals surface area contributed by atoms with Crippen molar-refractivity contribution < 1.29 is 4.74 Å². The van der Waals surface area contributed by atoms with Crippen LogP contribution >= 0.6 is 11.6 Å². The minimum atomic E-state index is 0.306. The molecule has 4 rings (SSSR count). The van der Waals surface area contributed by atoms with Gasteiger partial charge in [-0.15, -0.1) is 0 Å². The fourth-order valence-electron chi connectivity index (χ4n) is 3.42. The van der Waals surface area contributed by atoms with E-state index in [2.05, 4.69) is 27.2 Å². The smallest absolute Gasteiger partial charge is 0.0703 e. The lowest BCUT2D eigenvalue weighted by atomic mass is 10.2. The number of hydrogen-bond acceptors (Lipinski definition) is 4. The highest BCUT2D eigenvalue weighted by molar-refractivity contribution is 6.30. The highest BCUT2D eigenvalue weighted by Crippen LogP contribution is 2.18. The van der Waals surface area contributed by atoms with E-state index in [1.807, 2.05) is 53.5 Å². The summed E-state index contributed by atoms with van der Waals surface area (Å²) >= 11 is 5.98. The first-order chi connectivity index (χ1) is 13.3. The van der Waals surface area contributed by atoms with Crippen molar-refractivity contribution in [2.45, 2.75) is 32.0 Å². The average molecular weight is 383 g/mol. The van der Waals surface area contributed by atoms with Gasteiger partial charge in [-0.2, -0.15) is 5.10 Å². The molecule has 140 valence electrons. The Morgan fingerprint density at radius 3 is 2.78 bits per heavy atom. The van der Waals surface area contributed by atoms with E-state index >= 15 is 0 Å². The van der Waals surface area contributed by atoms with Gasteiger partial charge in [-0.05, 0) is 49.2 Å². The summed E-state index contributed by atoms with van der Waals surface area (Å²) in [7, 11) is 0. The third kappa shape index (κ3) is 4.95.